The van der Waals surface area contributed by atoms with Gasteiger partial charge in [0.1, 0.15) is 0 Å². The molecule has 4 nitrogen and oxygen atoms in total. The second-order valence-corrected chi connectivity index (χ2v) is 7.19. The van der Waals surface area contributed by atoms with Crippen LogP contribution in [0.3, 0.4) is 0 Å². The van der Waals surface area contributed by atoms with Crippen LogP contribution in [0.2, 0.25) is 0 Å². The van der Waals surface area contributed by atoms with Crippen molar-refractivity contribution in [2.75, 3.05) is 19.6 Å². The SMILES string of the molecule is C=C(C1CCCN1)N1CCC(NC(=O)c2ccc(C)cc2C)CC1. The van der Waals surface area contributed by atoms with Crippen LogP contribution in [0.25, 0.3) is 0 Å². The van der Waals surface area contributed by atoms with E-state index in [0.717, 1.165) is 43.6 Å². The lowest BCUT2D eigenvalue weighted by molar-refractivity contribution is 0.0916. The summed E-state index contributed by atoms with van der Waals surface area (Å²) in [6.45, 7) is 11.4. The van der Waals surface area contributed by atoms with Crippen molar-refractivity contribution < 1.29 is 4.79 Å². The van der Waals surface area contributed by atoms with Gasteiger partial charge in [-0.05, 0) is 57.7 Å². The van der Waals surface area contributed by atoms with Crippen LogP contribution in [-0.4, -0.2) is 42.5 Å². The van der Waals surface area contributed by atoms with Gasteiger partial charge < -0.3 is 15.5 Å². The number of carbonyl (C=O) groups is 1. The van der Waals surface area contributed by atoms with Crippen LogP contribution >= 0.6 is 0 Å². The van der Waals surface area contributed by atoms with Gasteiger partial charge in [0, 0.05) is 36.4 Å². The van der Waals surface area contributed by atoms with E-state index in [0.29, 0.717) is 6.04 Å². The molecule has 0 aromatic heterocycles. The number of hydrogen-bond acceptors (Lipinski definition) is 3. The molecule has 0 spiro atoms. The maximum absolute atomic E-state index is 12.5. The second kappa shape index (κ2) is 7.39. The monoisotopic (exact) mass is 327 g/mol. The number of amides is 1. The summed E-state index contributed by atoms with van der Waals surface area (Å²) >= 11 is 0. The highest BCUT2D eigenvalue weighted by Gasteiger charge is 2.26. The van der Waals surface area contributed by atoms with Crippen molar-refractivity contribution in [2.45, 2.75) is 51.6 Å². The standard InChI is InChI=1S/C20H29N3O/c1-14-6-7-18(15(2)13-14)20(24)22-17-8-11-23(12-9-17)16(3)19-5-4-10-21-19/h6-7,13,17,19,21H,3-5,8-12H2,1-2H3,(H,22,24). The first kappa shape index (κ1) is 17.0. The summed E-state index contributed by atoms with van der Waals surface area (Å²) in [5, 5.41) is 6.73. The fourth-order valence-electron chi connectivity index (χ4n) is 3.83. The van der Waals surface area contributed by atoms with Crippen molar-refractivity contribution in [2.24, 2.45) is 0 Å². The molecule has 1 unspecified atom stereocenters. The summed E-state index contributed by atoms with van der Waals surface area (Å²) in [7, 11) is 0. The van der Waals surface area contributed by atoms with Crippen molar-refractivity contribution in [1.82, 2.24) is 15.5 Å². The van der Waals surface area contributed by atoms with Crippen LogP contribution in [0.5, 0.6) is 0 Å². The van der Waals surface area contributed by atoms with Gasteiger partial charge in [-0.2, -0.15) is 0 Å². The van der Waals surface area contributed by atoms with Gasteiger partial charge >= 0.3 is 0 Å². The highest BCUT2D eigenvalue weighted by molar-refractivity contribution is 5.95. The first-order chi connectivity index (χ1) is 11.5. The van der Waals surface area contributed by atoms with Crippen molar-refractivity contribution in [1.29, 1.82) is 0 Å². The molecule has 2 fully saturated rings. The fraction of sp³-hybridized carbons (Fsp3) is 0.550. The van der Waals surface area contributed by atoms with Gasteiger partial charge in [-0.15, -0.1) is 0 Å². The Balaban J connectivity index is 1.51. The summed E-state index contributed by atoms with van der Waals surface area (Å²) in [5.41, 5.74) is 4.26. The van der Waals surface area contributed by atoms with E-state index in [4.69, 9.17) is 0 Å². The van der Waals surface area contributed by atoms with E-state index in [2.05, 4.69) is 35.1 Å². The van der Waals surface area contributed by atoms with Gasteiger partial charge in [-0.3, -0.25) is 4.79 Å². The third-order valence-electron chi connectivity index (χ3n) is 5.33. The number of likely N-dealkylation sites (tertiary alicyclic amines) is 1. The lowest BCUT2D eigenvalue weighted by Gasteiger charge is -2.37. The normalized spacial score (nSPS) is 21.8. The van der Waals surface area contributed by atoms with Crippen LogP contribution in [-0.2, 0) is 0 Å². The summed E-state index contributed by atoms with van der Waals surface area (Å²) < 4.78 is 0. The maximum Gasteiger partial charge on any atom is 0.251 e. The predicted molar refractivity (Wildman–Crippen MR) is 98.1 cm³/mol. The molecule has 1 atom stereocenters. The molecule has 2 N–H and O–H groups in total. The summed E-state index contributed by atoms with van der Waals surface area (Å²) in [4.78, 5) is 14.9. The van der Waals surface area contributed by atoms with Crippen LogP contribution in [0, 0.1) is 13.8 Å². The molecule has 0 radical (unpaired) electrons. The third-order valence-corrected chi connectivity index (χ3v) is 5.33. The number of nitrogens with one attached hydrogen (secondary N) is 2. The Morgan fingerprint density at radius 3 is 2.62 bits per heavy atom. The Morgan fingerprint density at radius 2 is 2.00 bits per heavy atom. The zero-order chi connectivity index (χ0) is 17.1. The molecule has 0 saturated carbocycles. The van der Waals surface area contributed by atoms with E-state index in [1.54, 1.807) is 0 Å². The summed E-state index contributed by atoms with van der Waals surface area (Å²) in [6.07, 6.45) is 4.42. The zero-order valence-electron chi connectivity index (χ0n) is 14.9. The van der Waals surface area contributed by atoms with E-state index in [1.807, 2.05) is 19.1 Å². The molecule has 1 aromatic rings. The van der Waals surface area contributed by atoms with Crippen molar-refractivity contribution in [3.63, 3.8) is 0 Å². The van der Waals surface area contributed by atoms with Crippen LogP contribution in [0.4, 0.5) is 0 Å². The number of carbonyl (C=O) groups excluding carboxylic acids is 1. The molecule has 2 saturated heterocycles. The van der Waals surface area contributed by atoms with E-state index in [-0.39, 0.29) is 11.9 Å². The molecule has 2 aliphatic rings. The molecule has 2 aliphatic heterocycles. The number of piperidine rings is 1. The summed E-state index contributed by atoms with van der Waals surface area (Å²) in [5.74, 6) is 0.0576. The first-order valence-electron chi connectivity index (χ1n) is 9.10. The summed E-state index contributed by atoms with van der Waals surface area (Å²) in [6, 6.07) is 6.72. The molecule has 130 valence electrons. The van der Waals surface area contributed by atoms with Crippen molar-refractivity contribution >= 4 is 5.91 Å². The Kier molecular flexibility index (Phi) is 5.24. The lowest BCUT2D eigenvalue weighted by atomic mass is 10.0. The Morgan fingerprint density at radius 1 is 1.25 bits per heavy atom. The van der Waals surface area contributed by atoms with Crippen LogP contribution < -0.4 is 10.6 Å². The smallest absolute Gasteiger partial charge is 0.251 e. The van der Waals surface area contributed by atoms with Gasteiger partial charge in [0.05, 0.1) is 0 Å². The first-order valence-corrected chi connectivity index (χ1v) is 9.10. The molecule has 3 rings (SSSR count). The lowest BCUT2D eigenvalue weighted by Crippen LogP contribution is -2.46. The fourth-order valence-corrected chi connectivity index (χ4v) is 3.83. The molecule has 1 aromatic carbocycles. The Bertz CT molecular complexity index is 611. The van der Waals surface area contributed by atoms with Gasteiger partial charge in [-0.25, -0.2) is 0 Å². The maximum atomic E-state index is 12.5. The van der Waals surface area contributed by atoms with Gasteiger partial charge in [0.25, 0.3) is 5.91 Å². The molecule has 2 heterocycles. The third kappa shape index (κ3) is 3.81. The second-order valence-electron chi connectivity index (χ2n) is 7.19. The highest BCUT2D eigenvalue weighted by atomic mass is 16.1. The van der Waals surface area contributed by atoms with Crippen molar-refractivity contribution in [3.8, 4) is 0 Å². The minimum Gasteiger partial charge on any atom is -0.374 e. The van der Waals surface area contributed by atoms with Gasteiger partial charge in [-0.1, -0.05) is 24.3 Å². The average molecular weight is 327 g/mol. The van der Waals surface area contributed by atoms with E-state index in [9.17, 15) is 4.79 Å². The van der Waals surface area contributed by atoms with E-state index in [1.165, 1.54) is 24.1 Å². The largest absolute Gasteiger partial charge is 0.374 e. The minimum absolute atomic E-state index is 0.0576. The Labute approximate surface area is 145 Å². The average Bonchev–Trinajstić information content (AvgIpc) is 3.09. The number of nitrogens with zero attached hydrogens (tertiary/aromatic N) is 1. The van der Waals surface area contributed by atoms with E-state index < -0.39 is 0 Å². The van der Waals surface area contributed by atoms with Gasteiger partial charge in [0.2, 0.25) is 0 Å². The minimum atomic E-state index is 0.0576. The molecule has 24 heavy (non-hydrogen) atoms. The molecule has 0 bridgehead atoms. The molecule has 4 heteroatoms. The quantitative estimate of drug-likeness (QED) is 0.894. The van der Waals surface area contributed by atoms with Crippen molar-refractivity contribution in [3.05, 3.63) is 47.2 Å². The van der Waals surface area contributed by atoms with Gasteiger partial charge in [0.15, 0.2) is 0 Å². The van der Waals surface area contributed by atoms with Crippen LogP contribution in [0.1, 0.15) is 47.2 Å². The molecular weight excluding hydrogens is 298 g/mol. The Hall–Kier alpha value is -1.81. The number of aryl methyl sites for hydroxylation is 2. The predicted octanol–water partition coefficient (Wildman–Crippen LogP) is 2.76. The molecule has 1 amide bonds. The molecular formula is C20H29N3O. The number of benzene rings is 1. The molecule has 0 aliphatic carbocycles. The number of rotatable bonds is 4. The zero-order valence-corrected chi connectivity index (χ0v) is 14.9. The topological polar surface area (TPSA) is 44.4 Å². The highest BCUT2D eigenvalue weighted by Crippen LogP contribution is 2.21. The van der Waals surface area contributed by atoms with Crippen LogP contribution in [0.15, 0.2) is 30.5 Å². The van der Waals surface area contributed by atoms with E-state index >= 15 is 0 Å². The number of hydrogen-bond donors (Lipinski definition) is 2.